The van der Waals surface area contributed by atoms with E-state index in [0.717, 1.165) is 13.0 Å². The standard InChI is InChI=1S/C15H22FN3OS/c1-4-7-19(10-14(20)18(2)3)9-12-8-11(15(17)21)5-6-13(12)16/h5-6,8H,4,7,9-10H2,1-3H3,(H2,17,21). The minimum atomic E-state index is -0.312. The van der Waals surface area contributed by atoms with Gasteiger partial charge in [-0.1, -0.05) is 19.1 Å². The van der Waals surface area contributed by atoms with Crippen LogP contribution in [0.5, 0.6) is 0 Å². The van der Waals surface area contributed by atoms with E-state index in [4.69, 9.17) is 18.0 Å². The van der Waals surface area contributed by atoms with Gasteiger partial charge in [-0.05, 0) is 31.2 Å². The van der Waals surface area contributed by atoms with Crippen molar-refractivity contribution >= 4 is 23.1 Å². The largest absolute Gasteiger partial charge is 0.389 e. The lowest BCUT2D eigenvalue weighted by molar-refractivity contribution is -0.130. The number of carbonyl (C=O) groups is 1. The molecule has 0 aromatic heterocycles. The molecule has 1 aromatic carbocycles. The molecule has 21 heavy (non-hydrogen) atoms. The number of thiocarbonyl (C=S) groups is 1. The van der Waals surface area contributed by atoms with Gasteiger partial charge in [0.1, 0.15) is 10.8 Å². The van der Waals surface area contributed by atoms with Crippen molar-refractivity contribution in [2.45, 2.75) is 19.9 Å². The molecule has 116 valence electrons. The van der Waals surface area contributed by atoms with Gasteiger partial charge in [-0.15, -0.1) is 0 Å². The first-order chi connectivity index (χ1) is 9.85. The van der Waals surface area contributed by atoms with Crippen LogP contribution >= 0.6 is 12.2 Å². The Bertz CT molecular complexity index is 520. The molecule has 0 fully saturated rings. The molecule has 0 bridgehead atoms. The zero-order valence-electron chi connectivity index (χ0n) is 12.7. The second kappa shape index (κ2) is 8.05. The van der Waals surface area contributed by atoms with E-state index in [0.29, 0.717) is 17.7 Å². The van der Waals surface area contributed by atoms with Gasteiger partial charge in [-0.2, -0.15) is 0 Å². The third kappa shape index (κ3) is 5.40. The number of benzene rings is 1. The maximum Gasteiger partial charge on any atom is 0.236 e. The lowest BCUT2D eigenvalue weighted by Crippen LogP contribution is -2.36. The average molecular weight is 311 g/mol. The topological polar surface area (TPSA) is 49.6 Å². The fourth-order valence-electron chi connectivity index (χ4n) is 1.95. The maximum atomic E-state index is 13.9. The van der Waals surface area contributed by atoms with E-state index in [1.165, 1.54) is 11.0 Å². The first-order valence-electron chi connectivity index (χ1n) is 6.85. The van der Waals surface area contributed by atoms with Crippen LogP contribution in [0.15, 0.2) is 18.2 Å². The number of nitrogens with two attached hydrogens (primary N) is 1. The zero-order chi connectivity index (χ0) is 16.0. The molecular weight excluding hydrogens is 289 g/mol. The summed E-state index contributed by atoms with van der Waals surface area (Å²) in [6, 6.07) is 4.58. The summed E-state index contributed by atoms with van der Waals surface area (Å²) in [5.41, 5.74) is 6.71. The quantitative estimate of drug-likeness (QED) is 0.780. The second-order valence-corrected chi connectivity index (χ2v) is 5.61. The van der Waals surface area contributed by atoms with E-state index in [2.05, 4.69) is 0 Å². The lowest BCUT2D eigenvalue weighted by atomic mass is 10.1. The van der Waals surface area contributed by atoms with Crippen LogP contribution in [0, 0.1) is 5.82 Å². The minimum absolute atomic E-state index is 0.00522. The summed E-state index contributed by atoms with van der Waals surface area (Å²) in [4.78, 5) is 15.5. The van der Waals surface area contributed by atoms with Crippen molar-refractivity contribution in [3.05, 3.63) is 35.1 Å². The van der Waals surface area contributed by atoms with Crippen molar-refractivity contribution in [1.82, 2.24) is 9.80 Å². The summed E-state index contributed by atoms with van der Waals surface area (Å²) in [7, 11) is 3.42. The highest BCUT2D eigenvalue weighted by atomic mass is 32.1. The zero-order valence-corrected chi connectivity index (χ0v) is 13.5. The summed E-state index contributed by atoms with van der Waals surface area (Å²) in [6.45, 7) is 3.36. The Morgan fingerprint density at radius 1 is 1.38 bits per heavy atom. The van der Waals surface area contributed by atoms with Crippen molar-refractivity contribution in [3.63, 3.8) is 0 Å². The molecule has 0 aliphatic rings. The molecule has 2 N–H and O–H groups in total. The number of likely N-dealkylation sites (N-methyl/N-ethyl adjacent to an activating group) is 1. The van der Waals surface area contributed by atoms with E-state index >= 15 is 0 Å². The second-order valence-electron chi connectivity index (χ2n) is 5.17. The number of nitrogens with zero attached hydrogens (tertiary/aromatic N) is 2. The molecule has 6 heteroatoms. The molecule has 0 aliphatic heterocycles. The highest BCUT2D eigenvalue weighted by Gasteiger charge is 2.14. The first kappa shape index (κ1) is 17.5. The lowest BCUT2D eigenvalue weighted by Gasteiger charge is -2.23. The van der Waals surface area contributed by atoms with Gasteiger partial charge < -0.3 is 10.6 Å². The van der Waals surface area contributed by atoms with Gasteiger partial charge in [0.25, 0.3) is 0 Å². The van der Waals surface area contributed by atoms with Gasteiger partial charge in [0.2, 0.25) is 5.91 Å². The number of hydrogen-bond acceptors (Lipinski definition) is 3. The van der Waals surface area contributed by atoms with E-state index in [9.17, 15) is 9.18 Å². The van der Waals surface area contributed by atoms with Crippen LogP contribution in [0.1, 0.15) is 24.5 Å². The average Bonchev–Trinajstić information content (AvgIpc) is 2.40. The maximum absolute atomic E-state index is 13.9. The Hall–Kier alpha value is -1.53. The van der Waals surface area contributed by atoms with Crippen molar-refractivity contribution in [2.24, 2.45) is 5.73 Å². The van der Waals surface area contributed by atoms with Crippen LogP contribution in [0.3, 0.4) is 0 Å². The molecule has 1 aromatic rings. The Balaban J connectivity index is 2.90. The SMILES string of the molecule is CCCN(CC(=O)N(C)C)Cc1cc(C(N)=S)ccc1F. The van der Waals surface area contributed by atoms with E-state index in [-0.39, 0.29) is 23.3 Å². The van der Waals surface area contributed by atoms with Gasteiger partial charge in [0.05, 0.1) is 6.54 Å². The third-order valence-corrected chi connectivity index (χ3v) is 3.36. The normalized spacial score (nSPS) is 10.7. The van der Waals surface area contributed by atoms with Crippen LogP contribution in [0.4, 0.5) is 4.39 Å². The van der Waals surface area contributed by atoms with E-state index in [1.807, 2.05) is 11.8 Å². The summed E-state index contributed by atoms with van der Waals surface area (Å²) in [5.74, 6) is -0.317. The van der Waals surface area contributed by atoms with Crippen molar-refractivity contribution in [3.8, 4) is 0 Å². The van der Waals surface area contributed by atoms with Gasteiger partial charge in [0, 0.05) is 31.8 Å². The monoisotopic (exact) mass is 311 g/mol. The number of halogens is 1. The molecule has 0 unspecified atom stereocenters. The van der Waals surface area contributed by atoms with E-state index < -0.39 is 0 Å². The highest BCUT2D eigenvalue weighted by molar-refractivity contribution is 7.80. The summed E-state index contributed by atoms with van der Waals surface area (Å²) in [5, 5.41) is 0. The molecule has 1 amide bonds. The smallest absolute Gasteiger partial charge is 0.236 e. The Labute approximate surface area is 130 Å². The van der Waals surface area contributed by atoms with Crippen molar-refractivity contribution in [2.75, 3.05) is 27.2 Å². The Morgan fingerprint density at radius 2 is 2.05 bits per heavy atom. The molecule has 0 saturated carbocycles. The van der Waals surface area contributed by atoms with Crippen LogP contribution in [0.2, 0.25) is 0 Å². The third-order valence-electron chi connectivity index (χ3n) is 3.12. The van der Waals surface area contributed by atoms with Crippen LogP contribution in [-0.2, 0) is 11.3 Å². The fraction of sp³-hybridized carbons (Fsp3) is 0.467. The van der Waals surface area contributed by atoms with Crippen LogP contribution in [-0.4, -0.2) is 47.9 Å². The number of hydrogen-bond donors (Lipinski definition) is 1. The summed E-state index contributed by atoms with van der Waals surface area (Å²) < 4.78 is 13.9. The predicted octanol–water partition coefficient (Wildman–Crippen LogP) is 1.76. The van der Waals surface area contributed by atoms with Crippen LogP contribution < -0.4 is 5.73 Å². The summed E-state index contributed by atoms with van der Waals surface area (Å²) in [6.07, 6.45) is 0.886. The Morgan fingerprint density at radius 3 is 2.57 bits per heavy atom. The van der Waals surface area contributed by atoms with Crippen molar-refractivity contribution < 1.29 is 9.18 Å². The molecular formula is C15H22FN3OS. The molecule has 0 spiro atoms. The predicted molar refractivity (Wildman–Crippen MR) is 86.5 cm³/mol. The molecule has 0 aliphatic carbocycles. The van der Waals surface area contributed by atoms with Crippen molar-refractivity contribution in [1.29, 1.82) is 0 Å². The molecule has 1 rings (SSSR count). The number of amides is 1. The molecule has 0 atom stereocenters. The number of carbonyl (C=O) groups excluding carboxylic acids is 1. The number of rotatable bonds is 7. The molecule has 0 heterocycles. The van der Waals surface area contributed by atoms with Gasteiger partial charge in [0.15, 0.2) is 0 Å². The van der Waals surface area contributed by atoms with Crippen LogP contribution in [0.25, 0.3) is 0 Å². The van der Waals surface area contributed by atoms with Gasteiger partial charge in [-0.25, -0.2) is 4.39 Å². The van der Waals surface area contributed by atoms with Gasteiger partial charge >= 0.3 is 0 Å². The molecule has 0 radical (unpaired) electrons. The van der Waals surface area contributed by atoms with Gasteiger partial charge in [-0.3, -0.25) is 9.69 Å². The fourth-order valence-corrected chi connectivity index (χ4v) is 2.08. The first-order valence-corrected chi connectivity index (χ1v) is 7.26. The molecule has 4 nitrogen and oxygen atoms in total. The molecule has 0 saturated heterocycles. The Kier molecular flexibility index (Phi) is 6.71. The van der Waals surface area contributed by atoms with E-state index in [1.54, 1.807) is 26.2 Å². The minimum Gasteiger partial charge on any atom is -0.389 e. The highest BCUT2D eigenvalue weighted by Crippen LogP contribution is 2.14. The summed E-state index contributed by atoms with van der Waals surface area (Å²) >= 11 is 4.91.